The molecule has 0 fully saturated rings. The smallest absolute Gasteiger partial charge is 0.0932 e. The van der Waals surface area contributed by atoms with Gasteiger partial charge in [0.2, 0.25) is 0 Å². The largest absolute Gasteiger partial charge is 0.251 e. The molecule has 0 heterocycles. The molecule has 0 aromatic heterocycles. The van der Waals surface area contributed by atoms with Crippen molar-refractivity contribution in [2.45, 2.75) is 34.1 Å². The van der Waals surface area contributed by atoms with Crippen LogP contribution in [-0.2, 0) is 0 Å². The summed E-state index contributed by atoms with van der Waals surface area (Å²) in [6, 6.07) is 2.22. The lowest BCUT2D eigenvalue weighted by Crippen LogP contribution is -2.21. The number of hydrogen-bond acceptors (Lipinski definition) is 1. The highest BCUT2D eigenvalue weighted by molar-refractivity contribution is 4.90. The number of rotatable bonds is 5. The van der Waals surface area contributed by atoms with Crippen LogP contribution >= 0.6 is 0 Å². The third-order valence-corrected chi connectivity index (χ3v) is 2.46. The van der Waals surface area contributed by atoms with E-state index in [1.807, 2.05) is 13.8 Å². The highest BCUT2D eigenvalue weighted by Gasteiger charge is 2.23. The molecular weight excluding hydrogens is 165 g/mol. The molecular formula is C11H20FN. The molecule has 0 aliphatic carbocycles. The van der Waals surface area contributed by atoms with Crippen LogP contribution in [0.1, 0.15) is 34.1 Å². The van der Waals surface area contributed by atoms with Gasteiger partial charge in [-0.05, 0) is 18.3 Å². The SMILES string of the molecule is CC(C)C[C@H](C)C(C#N)C(C)CF. The molecule has 13 heavy (non-hydrogen) atoms. The number of nitrogens with zero attached hydrogens (tertiary/aromatic N) is 1. The first-order valence-corrected chi connectivity index (χ1v) is 4.98. The second-order valence-corrected chi connectivity index (χ2v) is 4.39. The molecule has 0 aliphatic heterocycles. The van der Waals surface area contributed by atoms with E-state index in [0.29, 0.717) is 11.8 Å². The van der Waals surface area contributed by atoms with Crippen LogP contribution in [0.25, 0.3) is 0 Å². The molecule has 2 heteroatoms. The highest BCUT2D eigenvalue weighted by Crippen LogP contribution is 2.26. The fourth-order valence-electron chi connectivity index (χ4n) is 1.80. The Labute approximate surface area is 80.9 Å². The van der Waals surface area contributed by atoms with Gasteiger partial charge < -0.3 is 0 Å². The summed E-state index contributed by atoms with van der Waals surface area (Å²) < 4.78 is 12.4. The maximum Gasteiger partial charge on any atom is 0.0932 e. The van der Waals surface area contributed by atoms with E-state index in [0.717, 1.165) is 6.42 Å². The lowest BCUT2D eigenvalue weighted by molar-refractivity contribution is 0.240. The van der Waals surface area contributed by atoms with Crippen molar-refractivity contribution >= 4 is 0 Å². The van der Waals surface area contributed by atoms with Gasteiger partial charge in [0, 0.05) is 5.92 Å². The van der Waals surface area contributed by atoms with Crippen molar-refractivity contribution in [3.05, 3.63) is 0 Å². The van der Waals surface area contributed by atoms with Gasteiger partial charge in [-0.15, -0.1) is 0 Å². The first kappa shape index (κ1) is 12.4. The van der Waals surface area contributed by atoms with E-state index in [-0.39, 0.29) is 18.5 Å². The molecule has 0 bridgehead atoms. The Morgan fingerprint density at radius 3 is 2.00 bits per heavy atom. The molecule has 0 amide bonds. The Morgan fingerprint density at radius 2 is 1.69 bits per heavy atom. The second kappa shape index (κ2) is 5.96. The standard InChI is InChI=1S/C11H20FN/c1-8(2)5-9(3)11(7-13)10(4)6-12/h8-11H,5-6H2,1-4H3/t9-,10?,11?/m0/s1. The predicted molar refractivity (Wildman–Crippen MR) is 52.9 cm³/mol. The molecule has 0 rings (SSSR count). The summed E-state index contributed by atoms with van der Waals surface area (Å²) in [5.74, 6) is 0.625. The Kier molecular flexibility index (Phi) is 5.70. The molecule has 0 radical (unpaired) electrons. The van der Waals surface area contributed by atoms with Gasteiger partial charge in [0.15, 0.2) is 0 Å². The molecule has 76 valence electrons. The molecule has 1 nitrogen and oxygen atoms in total. The van der Waals surface area contributed by atoms with E-state index in [9.17, 15) is 4.39 Å². The molecule has 0 N–H and O–H groups in total. The number of hydrogen-bond donors (Lipinski definition) is 0. The van der Waals surface area contributed by atoms with Crippen molar-refractivity contribution in [1.82, 2.24) is 0 Å². The second-order valence-electron chi connectivity index (χ2n) is 4.39. The average molecular weight is 185 g/mol. The summed E-state index contributed by atoms with van der Waals surface area (Å²) in [7, 11) is 0. The zero-order chi connectivity index (χ0) is 10.4. The Hall–Kier alpha value is -0.580. The lowest BCUT2D eigenvalue weighted by atomic mass is 9.81. The molecule has 0 spiro atoms. The van der Waals surface area contributed by atoms with Crippen molar-refractivity contribution in [2.24, 2.45) is 23.7 Å². The van der Waals surface area contributed by atoms with Gasteiger partial charge >= 0.3 is 0 Å². The Morgan fingerprint density at radius 1 is 1.15 bits per heavy atom. The van der Waals surface area contributed by atoms with Crippen molar-refractivity contribution in [3.8, 4) is 6.07 Å². The third-order valence-electron chi connectivity index (χ3n) is 2.46. The van der Waals surface area contributed by atoms with E-state index >= 15 is 0 Å². The van der Waals surface area contributed by atoms with Crippen LogP contribution in [0.4, 0.5) is 4.39 Å². The van der Waals surface area contributed by atoms with Crippen LogP contribution in [0, 0.1) is 35.0 Å². The highest BCUT2D eigenvalue weighted by atomic mass is 19.1. The summed E-state index contributed by atoms with van der Waals surface area (Å²) in [5.41, 5.74) is 0. The first-order chi connectivity index (χ1) is 6.02. The minimum atomic E-state index is -0.388. The van der Waals surface area contributed by atoms with E-state index in [4.69, 9.17) is 5.26 Å². The lowest BCUT2D eigenvalue weighted by Gasteiger charge is -2.23. The fraction of sp³-hybridized carbons (Fsp3) is 0.909. The van der Waals surface area contributed by atoms with Gasteiger partial charge in [0.05, 0.1) is 18.7 Å². The van der Waals surface area contributed by atoms with Crippen molar-refractivity contribution < 1.29 is 4.39 Å². The minimum Gasteiger partial charge on any atom is -0.251 e. The van der Waals surface area contributed by atoms with Gasteiger partial charge in [0.1, 0.15) is 0 Å². The Balaban J connectivity index is 4.16. The maximum atomic E-state index is 12.4. The monoisotopic (exact) mass is 185 g/mol. The van der Waals surface area contributed by atoms with Gasteiger partial charge in [0.25, 0.3) is 0 Å². The van der Waals surface area contributed by atoms with Crippen LogP contribution in [0.2, 0.25) is 0 Å². The minimum absolute atomic E-state index is 0.126. The maximum absolute atomic E-state index is 12.4. The first-order valence-electron chi connectivity index (χ1n) is 4.98. The summed E-state index contributed by atoms with van der Waals surface area (Å²) in [4.78, 5) is 0. The summed E-state index contributed by atoms with van der Waals surface area (Å²) in [5, 5.41) is 8.89. The van der Waals surface area contributed by atoms with Crippen molar-refractivity contribution in [2.75, 3.05) is 6.67 Å². The van der Waals surface area contributed by atoms with Gasteiger partial charge in [-0.25, -0.2) is 0 Å². The molecule has 2 unspecified atom stereocenters. The van der Waals surface area contributed by atoms with E-state index < -0.39 is 0 Å². The van der Waals surface area contributed by atoms with Crippen molar-refractivity contribution in [3.63, 3.8) is 0 Å². The number of alkyl halides is 1. The van der Waals surface area contributed by atoms with Gasteiger partial charge in [-0.2, -0.15) is 5.26 Å². The number of nitriles is 1. The summed E-state index contributed by atoms with van der Waals surface area (Å²) in [6.07, 6.45) is 1.00. The molecule has 3 atom stereocenters. The van der Waals surface area contributed by atoms with Crippen LogP contribution in [0.5, 0.6) is 0 Å². The molecule has 0 saturated carbocycles. The van der Waals surface area contributed by atoms with Gasteiger partial charge in [-0.3, -0.25) is 4.39 Å². The quantitative estimate of drug-likeness (QED) is 0.644. The van der Waals surface area contributed by atoms with Crippen molar-refractivity contribution in [1.29, 1.82) is 5.26 Å². The fourth-order valence-corrected chi connectivity index (χ4v) is 1.80. The van der Waals surface area contributed by atoms with E-state index in [1.165, 1.54) is 0 Å². The molecule has 0 saturated heterocycles. The van der Waals surface area contributed by atoms with Crippen LogP contribution in [0.3, 0.4) is 0 Å². The predicted octanol–water partition coefficient (Wildman–Crippen LogP) is 3.41. The number of halogens is 1. The molecule has 0 aromatic carbocycles. The summed E-state index contributed by atoms with van der Waals surface area (Å²) >= 11 is 0. The van der Waals surface area contributed by atoms with Crippen LogP contribution in [-0.4, -0.2) is 6.67 Å². The van der Waals surface area contributed by atoms with Crippen LogP contribution in [0.15, 0.2) is 0 Å². The Bertz CT molecular complexity index is 171. The topological polar surface area (TPSA) is 23.8 Å². The average Bonchev–Trinajstić information content (AvgIpc) is 2.03. The zero-order valence-electron chi connectivity index (χ0n) is 9.05. The molecule has 0 aromatic rings. The van der Waals surface area contributed by atoms with Gasteiger partial charge in [-0.1, -0.05) is 27.7 Å². The van der Waals surface area contributed by atoms with E-state index in [2.05, 4.69) is 19.9 Å². The molecule has 0 aliphatic rings. The van der Waals surface area contributed by atoms with Crippen LogP contribution < -0.4 is 0 Å². The zero-order valence-corrected chi connectivity index (χ0v) is 9.05. The van der Waals surface area contributed by atoms with E-state index in [1.54, 1.807) is 0 Å². The third kappa shape index (κ3) is 4.26. The normalized spacial score (nSPS) is 17.9. The summed E-state index contributed by atoms with van der Waals surface area (Å²) in [6.45, 7) is 7.72.